The molecule has 2 aromatic rings. The second-order valence-corrected chi connectivity index (χ2v) is 5.54. The van der Waals surface area contributed by atoms with Crippen molar-refractivity contribution in [2.45, 2.75) is 38.1 Å². The van der Waals surface area contributed by atoms with E-state index in [1.54, 1.807) is 23.7 Å². The second-order valence-electron chi connectivity index (χ2n) is 4.57. The number of rotatable bonds is 3. The predicted octanol–water partition coefficient (Wildman–Crippen LogP) is 2.47. The Labute approximate surface area is 105 Å². The van der Waals surface area contributed by atoms with Gasteiger partial charge in [0.25, 0.3) is 0 Å². The van der Waals surface area contributed by atoms with Crippen LogP contribution in [0.5, 0.6) is 0 Å². The van der Waals surface area contributed by atoms with Crippen molar-refractivity contribution in [1.82, 2.24) is 20.3 Å². The lowest BCUT2D eigenvalue weighted by Gasteiger charge is -2.26. The van der Waals surface area contributed by atoms with Crippen LogP contribution in [0.1, 0.15) is 37.6 Å². The highest BCUT2D eigenvalue weighted by molar-refractivity contribution is 7.18. The number of thiazole rings is 1. The molecule has 0 aliphatic carbocycles. The molecule has 1 aliphatic heterocycles. The predicted molar refractivity (Wildman–Crippen MR) is 69.0 cm³/mol. The number of aromatic nitrogens is 3. The van der Waals surface area contributed by atoms with Gasteiger partial charge in [-0.05, 0) is 25.8 Å². The van der Waals surface area contributed by atoms with Crippen LogP contribution in [0, 0.1) is 0 Å². The highest BCUT2D eigenvalue weighted by Crippen LogP contribution is 2.38. The smallest absolute Gasteiger partial charge is 0.189 e. The number of nitrogens with one attached hydrogen (secondary N) is 1. The Morgan fingerprint density at radius 2 is 2.29 bits per heavy atom. The lowest BCUT2D eigenvalue weighted by molar-refractivity contribution is 0.355. The Hall–Kier alpha value is -1.07. The van der Waals surface area contributed by atoms with Crippen LogP contribution in [0.15, 0.2) is 12.4 Å². The quantitative estimate of drug-likeness (QED) is 0.906. The normalized spacial score (nSPS) is 24.5. The first-order valence-electron chi connectivity index (χ1n) is 6.17. The molecule has 17 heavy (non-hydrogen) atoms. The fourth-order valence-corrected chi connectivity index (χ4v) is 3.71. The molecule has 0 spiro atoms. The fourth-order valence-electron chi connectivity index (χ4n) is 2.62. The number of nitrogens with zero attached hydrogens (tertiary/aromatic N) is 3. The molecule has 5 heteroatoms. The van der Waals surface area contributed by atoms with Crippen LogP contribution in [0.25, 0.3) is 10.5 Å². The monoisotopic (exact) mass is 248 g/mol. The molecule has 1 aliphatic rings. The molecular weight excluding hydrogens is 232 g/mol. The third-order valence-electron chi connectivity index (χ3n) is 3.38. The average molecular weight is 248 g/mol. The molecular formula is C12H16N4S. The second kappa shape index (κ2) is 4.31. The summed E-state index contributed by atoms with van der Waals surface area (Å²) in [6.45, 7) is 3.32. The van der Waals surface area contributed by atoms with Gasteiger partial charge in [-0.15, -0.1) is 0 Å². The maximum Gasteiger partial charge on any atom is 0.189 e. The fraction of sp³-hybridized carbons (Fsp3) is 0.583. The van der Waals surface area contributed by atoms with Gasteiger partial charge in [0, 0.05) is 12.4 Å². The van der Waals surface area contributed by atoms with Gasteiger partial charge in [-0.3, -0.25) is 0 Å². The number of hydrogen-bond donors (Lipinski definition) is 1. The van der Waals surface area contributed by atoms with Gasteiger partial charge in [0.2, 0.25) is 0 Å². The van der Waals surface area contributed by atoms with E-state index in [9.17, 15) is 0 Å². The van der Waals surface area contributed by atoms with E-state index in [0.29, 0.717) is 0 Å². The molecule has 3 rings (SSSR count). The van der Waals surface area contributed by atoms with Crippen molar-refractivity contribution in [1.29, 1.82) is 0 Å². The summed E-state index contributed by atoms with van der Waals surface area (Å²) < 4.78 is 0. The molecule has 3 heterocycles. The summed E-state index contributed by atoms with van der Waals surface area (Å²) in [5.41, 5.74) is 0.874. The van der Waals surface area contributed by atoms with E-state index in [4.69, 9.17) is 0 Å². The van der Waals surface area contributed by atoms with Crippen LogP contribution in [0.4, 0.5) is 0 Å². The van der Waals surface area contributed by atoms with Gasteiger partial charge >= 0.3 is 0 Å². The van der Waals surface area contributed by atoms with Gasteiger partial charge in [-0.25, -0.2) is 15.0 Å². The van der Waals surface area contributed by atoms with E-state index in [0.717, 1.165) is 28.5 Å². The zero-order valence-corrected chi connectivity index (χ0v) is 10.8. The number of hydrogen-bond acceptors (Lipinski definition) is 5. The van der Waals surface area contributed by atoms with Crippen molar-refractivity contribution >= 4 is 21.8 Å². The third kappa shape index (κ3) is 1.83. The molecule has 4 nitrogen and oxygen atoms in total. The summed E-state index contributed by atoms with van der Waals surface area (Å²) in [5, 5.41) is 4.81. The first-order chi connectivity index (χ1) is 8.34. The summed E-state index contributed by atoms with van der Waals surface area (Å²) in [7, 11) is 0. The van der Waals surface area contributed by atoms with Crippen molar-refractivity contribution < 1.29 is 0 Å². The standard InChI is InChI=1S/C12H16N4S/c1-2-4-12(5-3-6-15-12)11-16-9-10(17-11)14-8-7-13-9/h7-8,15H,2-6H2,1H3. The van der Waals surface area contributed by atoms with E-state index in [2.05, 4.69) is 27.2 Å². The molecule has 1 atom stereocenters. The molecule has 1 saturated heterocycles. The highest BCUT2D eigenvalue weighted by Gasteiger charge is 2.37. The van der Waals surface area contributed by atoms with Crippen LogP contribution >= 0.6 is 11.3 Å². The van der Waals surface area contributed by atoms with Crippen LogP contribution in [-0.2, 0) is 5.54 Å². The van der Waals surface area contributed by atoms with E-state index >= 15 is 0 Å². The van der Waals surface area contributed by atoms with Gasteiger partial charge < -0.3 is 5.32 Å². The van der Waals surface area contributed by atoms with Gasteiger partial charge in [-0.1, -0.05) is 24.7 Å². The van der Waals surface area contributed by atoms with Crippen LogP contribution in [-0.4, -0.2) is 21.5 Å². The van der Waals surface area contributed by atoms with Crippen molar-refractivity contribution in [3.05, 3.63) is 17.4 Å². The molecule has 0 radical (unpaired) electrons. The van der Waals surface area contributed by atoms with Gasteiger partial charge in [0.1, 0.15) is 5.01 Å². The molecule has 0 bridgehead atoms. The minimum atomic E-state index is 0.0851. The Kier molecular flexibility index (Phi) is 2.80. The van der Waals surface area contributed by atoms with Crippen molar-refractivity contribution in [3.63, 3.8) is 0 Å². The van der Waals surface area contributed by atoms with Crippen LogP contribution in [0.3, 0.4) is 0 Å². The van der Waals surface area contributed by atoms with E-state index in [1.807, 2.05) is 0 Å². The molecule has 1 fully saturated rings. The minimum Gasteiger partial charge on any atom is -0.305 e. The maximum atomic E-state index is 4.67. The lowest BCUT2D eigenvalue weighted by Crippen LogP contribution is -2.36. The van der Waals surface area contributed by atoms with Gasteiger partial charge in [-0.2, -0.15) is 0 Å². The largest absolute Gasteiger partial charge is 0.305 e. The maximum absolute atomic E-state index is 4.67. The third-order valence-corrected chi connectivity index (χ3v) is 4.53. The Bertz CT molecular complexity index is 483. The van der Waals surface area contributed by atoms with Gasteiger partial charge in [0.15, 0.2) is 10.5 Å². The first kappa shape index (κ1) is 11.0. The van der Waals surface area contributed by atoms with E-state index in [1.165, 1.54) is 19.3 Å². The Morgan fingerprint density at radius 1 is 1.41 bits per heavy atom. The summed E-state index contributed by atoms with van der Waals surface area (Å²) >= 11 is 1.69. The zero-order valence-electron chi connectivity index (χ0n) is 9.94. The molecule has 1 N–H and O–H groups in total. The summed E-state index contributed by atoms with van der Waals surface area (Å²) in [6, 6.07) is 0. The van der Waals surface area contributed by atoms with E-state index in [-0.39, 0.29) is 5.54 Å². The highest BCUT2D eigenvalue weighted by atomic mass is 32.1. The summed E-state index contributed by atoms with van der Waals surface area (Å²) in [5.74, 6) is 0. The topological polar surface area (TPSA) is 50.7 Å². The Balaban J connectivity index is 2.05. The SMILES string of the molecule is CCCC1(c2nc3nccnc3s2)CCCN1. The van der Waals surface area contributed by atoms with Crippen molar-refractivity contribution in [2.24, 2.45) is 0 Å². The number of fused-ring (bicyclic) bond motifs is 1. The Morgan fingerprint density at radius 3 is 3.00 bits per heavy atom. The molecule has 0 amide bonds. The molecule has 0 saturated carbocycles. The van der Waals surface area contributed by atoms with Gasteiger partial charge in [0.05, 0.1) is 5.54 Å². The van der Waals surface area contributed by atoms with Crippen molar-refractivity contribution in [2.75, 3.05) is 6.54 Å². The molecule has 2 aromatic heterocycles. The zero-order chi connectivity index (χ0) is 11.7. The van der Waals surface area contributed by atoms with Crippen LogP contribution in [0.2, 0.25) is 0 Å². The molecule has 1 unspecified atom stereocenters. The summed E-state index contributed by atoms with van der Waals surface area (Å²) in [4.78, 5) is 14.2. The first-order valence-corrected chi connectivity index (χ1v) is 6.99. The van der Waals surface area contributed by atoms with E-state index < -0.39 is 0 Å². The van der Waals surface area contributed by atoms with Crippen molar-refractivity contribution in [3.8, 4) is 0 Å². The van der Waals surface area contributed by atoms with Crippen LogP contribution < -0.4 is 5.32 Å². The minimum absolute atomic E-state index is 0.0851. The average Bonchev–Trinajstić information content (AvgIpc) is 2.95. The molecule has 0 aromatic carbocycles. The lowest BCUT2D eigenvalue weighted by atomic mass is 9.93. The molecule has 90 valence electrons. The summed E-state index contributed by atoms with van der Waals surface area (Å²) in [6.07, 6.45) is 8.17.